The molecule has 176 valence electrons. The Morgan fingerprint density at radius 2 is 0.946 bits per heavy atom. The molecule has 0 bridgehead atoms. The van der Waals surface area contributed by atoms with Crippen LogP contribution < -0.4 is 0 Å². The first-order chi connectivity index (χ1) is 22.5. The predicted octanol–water partition coefficient (Wildman–Crippen LogP) is 9.22. The maximum Gasteiger partial charge on any atom is 0.0829 e. The van der Waals surface area contributed by atoms with Gasteiger partial charge in [0, 0.05) is 34.2 Å². The molecule has 0 saturated heterocycles. The van der Waals surface area contributed by atoms with Gasteiger partial charge in [-0.25, -0.2) is 0 Å². The van der Waals surface area contributed by atoms with Crippen LogP contribution >= 0.6 is 0 Å². The van der Waals surface area contributed by atoms with Crippen LogP contribution in [0.4, 0.5) is 0 Å². The van der Waals surface area contributed by atoms with E-state index in [2.05, 4.69) is 0 Å². The van der Waals surface area contributed by atoms with Crippen molar-refractivity contribution in [3.63, 3.8) is 0 Å². The van der Waals surface area contributed by atoms with Crippen molar-refractivity contribution < 1.29 is 13.7 Å². The van der Waals surface area contributed by atoms with Gasteiger partial charge in [-0.15, -0.1) is 0 Å². The topological polar surface area (TPSA) is 9.86 Å². The molecule has 2 heteroatoms. The number of aromatic nitrogens is 2. The van der Waals surface area contributed by atoms with Crippen LogP contribution in [-0.4, -0.2) is 9.13 Å². The van der Waals surface area contributed by atoms with Crippen LogP contribution in [0.1, 0.15) is 19.3 Å². The van der Waals surface area contributed by atoms with Gasteiger partial charge >= 0.3 is 0 Å². The number of nitrogens with zero attached hydrogens (tertiary/aromatic N) is 2. The molecule has 2 nitrogen and oxygen atoms in total. The number of para-hydroxylation sites is 2. The van der Waals surface area contributed by atoms with Crippen LogP contribution in [0.25, 0.3) is 55.4 Å². The second-order valence-corrected chi connectivity index (χ2v) is 8.74. The Morgan fingerprint density at radius 3 is 1.41 bits per heavy atom. The van der Waals surface area contributed by atoms with E-state index in [4.69, 9.17) is 11.0 Å². The van der Waals surface area contributed by atoms with E-state index in [0.717, 1.165) is 0 Å². The van der Waals surface area contributed by atoms with Gasteiger partial charge in [-0.05, 0) is 47.8 Å². The molecule has 0 saturated carbocycles. The number of hydrogen-bond donors (Lipinski definition) is 0. The zero-order valence-corrected chi connectivity index (χ0v) is 19.9. The summed E-state index contributed by atoms with van der Waals surface area (Å²) in [4.78, 5) is 0. The smallest absolute Gasteiger partial charge is 0.0829 e. The maximum absolute atomic E-state index is 9.39. The maximum atomic E-state index is 9.39. The highest BCUT2D eigenvalue weighted by Crippen LogP contribution is 2.37. The Labute approximate surface area is 230 Å². The van der Waals surface area contributed by atoms with Gasteiger partial charge in [0.1, 0.15) is 0 Å². The first-order valence-electron chi connectivity index (χ1n) is 16.9. The van der Waals surface area contributed by atoms with Crippen LogP contribution in [0.5, 0.6) is 0 Å². The summed E-state index contributed by atoms with van der Waals surface area (Å²) in [5, 5.41) is 0.426. The molecule has 5 aromatic carbocycles. The van der Waals surface area contributed by atoms with Gasteiger partial charge in [0.2, 0.25) is 0 Å². The third kappa shape index (κ3) is 3.49. The average Bonchev–Trinajstić information content (AvgIpc) is 3.56. The molecule has 2 heterocycles. The van der Waals surface area contributed by atoms with E-state index < -0.39 is 24.2 Å². The van der Waals surface area contributed by atoms with Crippen LogP contribution in [-0.2, 0) is 0 Å². The second kappa shape index (κ2) is 8.69. The summed E-state index contributed by atoms with van der Waals surface area (Å²) in [6.07, 6.45) is -0.0948. The summed E-state index contributed by atoms with van der Waals surface area (Å²) in [5.41, 5.74) is 3.59. The molecule has 0 unspecified atom stereocenters. The molecule has 0 aliphatic rings. The fraction of sp³-hybridized carbons (Fsp3) is 0.0286. The Hall–Kier alpha value is -4.82. The summed E-state index contributed by atoms with van der Waals surface area (Å²) in [6.45, 7) is 1.77. The molecule has 0 spiro atoms. The molecule has 0 amide bonds. The molecular weight excluding hydrogens is 448 g/mol. The van der Waals surface area contributed by atoms with Crippen molar-refractivity contribution in [3.05, 3.63) is 145 Å². The Balaban J connectivity index is 1.62. The summed E-state index contributed by atoms with van der Waals surface area (Å²) in [5.74, 6) is 0. The third-order valence-corrected chi connectivity index (χ3v) is 6.61. The van der Waals surface area contributed by atoms with Gasteiger partial charge in [-0.2, -0.15) is 0 Å². The van der Waals surface area contributed by atoms with E-state index in [9.17, 15) is 2.74 Å². The van der Waals surface area contributed by atoms with Crippen molar-refractivity contribution in [2.24, 2.45) is 0 Å². The van der Waals surface area contributed by atoms with Crippen LogP contribution in [0.2, 0.25) is 0 Å². The number of benzene rings is 5. The molecule has 37 heavy (non-hydrogen) atoms. The van der Waals surface area contributed by atoms with Crippen molar-refractivity contribution in [1.82, 2.24) is 9.13 Å². The molecule has 7 rings (SSSR count). The Kier molecular flexibility index (Phi) is 3.16. The van der Waals surface area contributed by atoms with Gasteiger partial charge in [-0.3, -0.25) is 0 Å². The number of hydrogen-bond acceptors (Lipinski definition) is 0. The summed E-state index contributed by atoms with van der Waals surface area (Å²) < 4.78 is 90.9. The minimum Gasteiger partial charge on any atom is -0.316 e. The Bertz CT molecular complexity index is 2250. The largest absolute Gasteiger partial charge is 0.316 e. The average molecular weight is 485 g/mol. The van der Waals surface area contributed by atoms with Crippen LogP contribution in [0.15, 0.2) is 140 Å². The second-order valence-electron chi connectivity index (χ2n) is 8.74. The van der Waals surface area contributed by atoms with Gasteiger partial charge < -0.3 is 9.13 Å². The van der Waals surface area contributed by atoms with E-state index in [1.807, 2.05) is 12.1 Å². The lowest BCUT2D eigenvalue weighted by atomic mass is 10.1. The van der Waals surface area contributed by atoms with E-state index >= 15 is 0 Å². The number of fused-ring (bicyclic) bond motifs is 2. The van der Waals surface area contributed by atoms with Crippen molar-refractivity contribution in [2.75, 3.05) is 0 Å². The third-order valence-electron chi connectivity index (χ3n) is 6.61. The number of rotatable bonds is 4. The van der Waals surface area contributed by atoms with Crippen LogP contribution in [0, 0.1) is 6.92 Å². The molecule has 0 fully saturated rings. The zero-order valence-electron chi connectivity index (χ0n) is 29.9. The molecule has 0 N–H and O–H groups in total. The van der Waals surface area contributed by atoms with Gasteiger partial charge in [-0.1, -0.05) is 103 Å². The normalized spacial score (nSPS) is 15.2. The highest BCUT2D eigenvalue weighted by Gasteiger charge is 2.17. The van der Waals surface area contributed by atoms with E-state index in [1.165, 1.54) is 9.13 Å². The molecule has 0 atom stereocenters. The minimum atomic E-state index is -0.428. The quantitative estimate of drug-likeness (QED) is 0.236. The zero-order chi connectivity index (χ0) is 33.5. The van der Waals surface area contributed by atoms with Crippen LogP contribution in [0.3, 0.4) is 0 Å². The molecule has 2 aromatic heterocycles. The lowest BCUT2D eigenvalue weighted by molar-refractivity contribution is 1.05. The van der Waals surface area contributed by atoms with Crippen molar-refractivity contribution in [1.29, 1.82) is 0 Å². The van der Waals surface area contributed by atoms with Gasteiger partial charge in [0.15, 0.2) is 0 Å². The summed E-state index contributed by atoms with van der Waals surface area (Å²) in [7, 11) is 0. The first kappa shape index (κ1) is 13.5. The molecule has 7 aromatic rings. The van der Waals surface area contributed by atoms with Crippen molar-refractivity contribution in [3.8, 4) is 33.6 Å². The summed E-state index contributed by atoms with van der Waals surface area (Å²) >= 11 is 0. The standard InChI is InChI=1S/C35H26N2/c1-25-32(36-23-30(26-13-4-2-5-14-26)28-17-8-10-19-34(28)36)21-12-22-33(25)37-24-31(27-15-6-3-7-16-27)29-18-9-11-20-35(29)37/h2-24H,1H3/i8D,9D,10D,11D,17D,18D,19D,20D,23D,24D. The highest BCUT2D eigenvalue weighted by atomic mass is 15.0. The molecule has 0 aliphatic heterocycles. The lowest BCUT2D eigenvalue weighted by Gasteiger charge is -2.15. The molecule has 0 aliphatic carbocycles. The van der Waals surface area contributed by atoms with Gasteiger partial charge in [0.25, 0.3) is 0 Å². The first-order valence-corrected chi connectivity index (χ1v) is 11.9. The summed E-state index contributed by atoms with van der Waals surface area (Å²) in [6, 6.07) is 20.4. The Morgan fingerprint density at radius 1 is 0.514 bits per heavy atom. The fourth-order valence-electron chi connectivity index (χ4n) is 4.84. The van der Waals surface area contributed by atoms with E-state index in [1.54, 1.807) is 73.7 Å². The van der Waals surface area contributed by atoms with Crippen molar-refractivity contribution in [2.45, 2.75) is 6.92 Å². The van der Waals surface area contributed by atoms with Crippen molar-refractivity contribution >= 4 is 21.8 Å². The van der Waals surface area contributed by atoms with E-state index in [0.29, 0.717) is 39.2 Å². The van der Waals surface area contributed by atoms with E-state index in [-0.39, 0.29) is 58.3 Å². The lowest BCUT2D eigenvalue weighted by Crippen LogP contribution is -2.01. The predicted molar refractivity (Wildman–Crippen MR) is 156 cm³/mol. The molecule has 0 radical (unpaired) electrons. The highest BCUT2D eigenvalue weighted by molar-refractivity contribution is 5.98. The van der Waals surface area contributed by atoms with Gasteiger partial charge in [0.05, 0.1) is 36.1 Å². The fourth-order valence-corrected chi connectivity index (χ4v) is 4.84. The minimum absolute atomic E-state index is 0.0474. The molecular formula is C35H26N2. The SMILES string of the molecule is [2H]c1c([2H])c([2H])c2c(c1[2H])c(-c1ccccc1)c([2H])n2-c1cccc(-n2c([2H])c(-c3ccccc3)c3c([2H])c([2H])c([2H])c([2H])c32)c1C. The monoisotopic (exact) mass is 484 g/mol.